The van der Waals surface area contributed by atoms with Gasteiger partial charge in [-0.15, -0.1) is 6.58 Å². The number of nitrogens with one attached hydrogen (secondary N) is 1. The number of halogens is 1. The Kier molecular flexibility index (Phi) is 7.72. The van der Waals surface area contributed by atoms with E-state index in [1.807, 2.05) is 54.2 Å². The summed E-state index contributed by atoms with van der Waals surface area (Å²) in [6.07, 6.45) is 5.11. The Morgan fingerprint density at radius 2 is 1.94 bits per heavy atom. The second kappa shape index (κ2) is 10.7. The first-order valence-corrected chi connectivity index (χ1v) is 10.6. The summed E-state index contributed by atoms with van der Waals surface area (Å²) in [5.41, 5.74) is 1.61. The Morgan fingerprint density at radius 3 is 2.58 bits per heavy atom. The van der Waals surface area contributed by atoms with E-state index in [4.69, 9.17) is 4.42 Å². The van der Waals surface area contributed by atoms with E-state index < -0.39 is 0 Å². The van der Waals surface area contributed by atoms with Crippen LogP contribution in [0.5, 0.6) is 0 Å². The van der Waals surface area contributed by atoms with E-state index in [0.29, 0.717) is 24.5 Å². The molecule has 1 N–H and O–H groups in total. The summed E-state index contributed by atoms with van der Waals surface area (Å²) >= 11 is 3.42. The highest BCUT2D eigenvalue weighted by Gasteiger charge is 2.23. The Morgan fingerprint density at radius 1 is 1.13 bits per heavy atom. The molecule has 7 nitrogen and oxygen atoms in total. The fraction of sp³-hybridized carbons (Fsp3) is 0.217. The number of furan rings is 1. The molecule has 0 aliphatic carbocycles. The number of nitrogens with zero attached hydrogens (tertiary/aromatic N) is 3. The molecular weight excluding hydrogens is 460 g/mol. The van der Waals surface area contributed by atoms with E-state index in [9.17, 15) is 9.59 Å². The Balaban J connectivity index is 1.74. The van der Waals surface area contributed by atoms with E-state index in [0.717, 1.165) is 10.2 Å². The number of amides is 3. The molecule has 0 aliphatic rings. The highest BCUT2D eigenvalue weighted by atomic mass is 79.9. The van der Waals surface area contributed by atoms with Gasteiger partial charge in [-0.3, -0.25) is 4.79 Å². The zero-order chi connectivity index (χ0) is 22.2. The van der Waals surface area contributed by atoms with E-state index >= 15 is 0 Å². The van der Waals surface area contributed by atoms with Crippen LogP contribution in [-0.4, -0.2) is 39.4 Å². The quantitative estimate of drug-likeness (QED) is 0.450. The highest BCUT2D eigenvalue weighted by Crippen LogP contribution is 2.21. The molecule has 3 rings (SSSR count). The third-order valence-electron chi connectivity index (χ3n) is 4.76. The Hall–Kier alpha value is -3.26. The van der Waals surface area contributed by atoms with Crippen LogP contribution in [0.2, 0.25) is 0 Å². The molecule has 3 amide bonds. The smallest absolute Gasteiger partial charge is 0.322 e. The lowest BCUT2D eigenvalue weighted by molar-refractivity contribution is -0.133. The number of carbonyl (C=O) groups is 2. The van der Waals surface area contributed by atoms with Gasteiger partial charge in [0.1, 0.15) is 12.3 Å². The number of aromatic nitrogens is 1. The van der Waals surface area contributed by atoms with E-state index in [-0.39, 0.29) is 25.0 Å². The molecule has 2 heterocycles. The second-order valence-electron chi connectivity index (χ2n) is 7.02. The van der Waals surface area contributed by atoms with Crippen molar-refractivity contribution in [1.29, 1.82) is 0 Å². The number of para-hydroxylation sites is 1. The van der Waals surface area contributed by atoms with Gasteiger partial charge in [0.25, 0.3) is 0 Å². The molecule has 0 radical (unpaired) electrons. The van der Waals surface area contributed by atoms with Crippen LogP contribution in [0.1, 0.15) is 11.5 Å². The number of hydrogen-bond acceptors (Lipinski definition) is 3. The molecule has 1 aromatic carbocycles. The standard InChI is InChI=1S/C23H25BrN4O3/c1-3-12-27(23(30)25-21-11-5-4-10-20(21)24)17-22(29)28(16-19-9-7-14-31-19)15-18-8-6-13-26(18)2/h3-11,13-14H,1,12,15-17H2,2H3,(H,25,30). The van der Waals surface area contributed by atoms with Gasteiger partial charge in [0.2, 0.25) is 5.91 Å². The molecule has 31 heavy (non-hydrogen) atoms. The van der Waals surface area contributed by atoms with Crippen molar-refractivity contribution in [2.24, 2.45) is 7.05 Å². The predicted octanol–water partition coefficient (Wildman–Crippen LogP) is 4.63. The summed E-state index contributed by atoms with van der Waals surface area (Å²) in [5, 5.41) is 2.84. The lowest BCUT2D eigenvalue weighted by Crippen LogP contribution is -2.44. The van der Waals surface area contributed by atoms with Gasteiger partial charge in [-0.25, -0.2) is 4.79 Å². The van der Waals surface area contributed by atoms with Gasteiger partial charge in [0.05, 0.1) is 25.0 Å². The SMILES string of the molecule is C=CCN(CC(=O)N(Cc1ccco1)Cc1cccn1C)C(=O)Nc1ccccc1Br. The lowest BCUT2D eigenvalue weighted by Gasteiger charge is -2.27. The molecule has 0 saturated carbocycles. The average molecular weight is 485 g/mol. The van der Waals surface area contributed by atoms with Crippen LogP contribution in [0.25, 0.3) is 0 Å². The molecule has 0 bridgehead atoms. The monoisotopic (exact) mass is 484 g/mol. The molecule has 0 atom stereocenters. The van der Waals surface area contributed by atoms with Crippen LogP contribution in [0, 0.1) is 0 Å². The summed E-state index contributed by atoms with van der Waals surface area (Å²) in [6, 6.07) is 14.4. The van der Waals surface area contributed by atoms with Crippen molar-refractivity contribution >= 4 is 33.6 Å². The van der Waals surface area contributed by atoms with Crippen molar-refractivity contribution in [2.75, 3.05) is 18.4 Å². The number of anilines is 1. The second-order valence-corrected chi connectivity index (χ2v) is 7.87. The predicted molar refractivity (Wildman–Crippen MR) is 123 cm³/mol. The van der Waals surface area contributed by atoms with E-state index in [1.165, 1.54) is 4.90 Å². The van der Waals surface area contributed by atoms with Crippen LogP contribution in [0.4, 0.5) is 10.5 Å². The van der Waals surface area contributed by atoms with Crippen LogP contribution in [-0.2, 0) is 24.9 Å². The molecular formula is C23H25BrN4O3. The van der Waals surface area contributed by atoms with Crippen molar-refractivity contribution in [3.8, 4) is 0 Å². The maximum Gasteiger partial charge on any atom is 0.322 e. The number of rotatable bonds is 9. The van der Waals surface area contributed by atoms with Crippen LogP contribution in [0.15, 0.2) is 82.5 Å². The average Bonchev–Trinajstić information content (AvgIpc) is 3.40. The minimum Gasteiger partial charge on any atom is -0.467 e. The maximum atomic E-state index is 13.2. The van der Waals surface area contributed by atoms with Gasteiger partial charge in [-0.05, 0) is 52.3 Å². The first-order valence-electron chi connectivity index (χ1n) is 9.79. The van der Waals surface area contributed by atoms with Crippen LogP contribution >= 0.6 is 15.9 Å². The minimum atomic E-state index is -0.378. The van der Waals surface area contributed by atoms with Crippen molar-refractivity contribution in [3.05, 3.63) is 89.6 Å². The minimum absolute atomic E-state index is 0.0898. The highest BCUT2D eigenvalue weighted by molar-refractivity contribution is 9.10. The molecule has 0 unspecified atom stereocenters. The van der Waals surface area contributed by atoms with Gasteiger partial charge >= 0.3 is 6.03 Å². The number of aryl methyl sites for hydroxylation is 1. The number of urea groups is 1. The zero-order valence-corrected chi connectivity index (χ0v) is 18.9. The van der Waals surface area contributed by atoms with Gasteiger partial charge in [-0.1, -0.05) is 18.2 Å². The van der Waals surface area contributed by atoms with Gasteiger partial charge in [-0.2, -0.15) is 0 Å². The first kappa shape index (κ1) is 22.4. The van der Waals surface area contributed by atoms with Crippen molar-refractivity contribution in [2.45, 2.75) is 13.1 Å². The molecule has 162 valence electrons. The van der Waals surface area contributed by atoms with Crippen molar-refractivity contribution in [1.82, 2.24) is 14.4 Å². The molecule has 0 aliphatic heterocycles. The molecule has 2 aromatic heterocycles. The summed E-state index contributed by atoms with van der Waals surface area (Å²) in [7, 11) is 1.93. The molecule has 0 spiro atoms. The third-order valence-corrected chi connectivity index (χ3v) is 5.45. The number of hydrogen-bond donors (Lipinski definition) is 1. The van der Waals surface area contributed by atoms with E-state index in [1.54, 1.807) is 29.4 Å². The summed E-state index contributed by atoms with van der Waals surface area (Å²) in [5.74, 6) is 0.484. The molecule has 8 heteroatoms. The molecule has 0 saturated heterocycles. The van der Waals surface area contributed by atoms with Crippen molar-refractivity contribution in [3.63, 3.8) is 0 Å². The summed E-state index contributed by atoms with van der Waals surface area (Å²) < 4.78 is 8.16. The topological polar surface area (TPSA) is 70.7 Å². The normalized spacial score (nSPS) is 10.5. The van der Waals surface area contributed by atoms with Gasteiger partial charge in [0, 0.05) is 30.0 Å². The lowest BCUT2D eigenvalue weighted by atomic mass is 10.3. The zero-order valence-electron chi connectivity index (χ0n) is 17.3. The maximum absolute atomic E-state index is 13.2. The Bertz CT molecular complexity index is 1030. The summed E-state index contributed by atoms with van der Waals surface area (Å²) in [4.78, 5) is 29.2. The van der Waals surface area contributed by atoms with E-state index in [2.05, 4.69) is 27.8 Å². The Labute approximate surface area is 190 Å². The number of carbonyl (C=O) groups excluding carboxylic acids is 2. The van der Waals surface area contributed by atoms with Gasteiger partial charge in [0.15, 0.2) is 0 Å². The van der Waals surface area contributed by atoms with Gasteiger partial charge < -0.3 is 24.1 Å². The fourth-order valence-corrected chi connectivity index (χ4v) is 3.46. The number of benzene rings is 1. The van der Waals surface area contributed by atoms with Crippen LogP contribution in [0.3, 0.4) is 0 Å². The fourth-order valence-electron chi connectivity index (χ4n) is 3.07. The molecule has 0 fully saturated rings. The third kappa shape index (κ3) is 6.11. The van der Waals surface area contributed by atoms with Crippen molar-refractivity contribution < 1.29 is 14.0 Å². The first-order chi connectivity index (χ1) is 15.0. The summed E-state index contributed by atoms with van der Waals surface area (Å²) in [6.45, 7) is 4.58. The van der Waals surface area contributed by atoms with Crippen LogP contribution < -0.4 is 5.32 Å². The molecule has 3 aromatic rings. The largest absolute Gasteiger partial charge is 0.467 e.